The van der Waals surface area contributed by atoms with E-state index >= 15 is 0 Å². The van der Waals surface area contributed by atoms with Gasteiger partial charge >= 0.3 is 12.1 Å². The smallest absolute Gasteiger partial charge is 0.394 e. The maximum Gasteiger partial charge on any atom is 0.429 e. The molecule has 0 saturated heterocycles. The van der Waals surface area contributed by atoms with Gasteiger partial charge in [0.1, 0.15) is 5.69 Å². The lowest BCUT2D eigenvalue weighted by molar-refractivity contribution is -0.209. The standard InChI is InChI=1S/C12H8F3NO2/c13-7-12(14,15)18-11(17)10-5-8-3-1-2-4-9(8)6-16-10/h1-6H,7H2. The lowest BCUT2D eigenvalue weighted by Crippen LogP contribution is -2.27. The highest BCUT2D eigenvalue weighted by Crippen LogP contribution is 2.19. The Labute approximate surface area is 100 Å². The lowest BCUT2D eigenvalue weighted by Gasteiger charge is -2.12. The zero-order valence-electron chi connectivity index (χ0n) is 9.07. The molecule has 0 atom stereocenters. The fraction of sp³-hybridized carbons (Fsp3) is 0.167. The minimum Gasteiger partial charge on any atom is -0.394 e. The summed E-state index contributed by atoms with van der Waals surface area (Å²) in [5.74, 6) is -1.36. The van der Waals surface area contributed by atoms with Gasteiger partial charge in [-0.05, 0) is 11.5 Å². The van der Waals surface area contributed by atoms with Crippen molar-refractivity contribution in [1.29, 1.82) is 0 Å². The summed E-state index contributed by atoms with van der Waals surface area (Å²) in [5.41, 5.74) is -0.290. The summed E-state index contributed by atoms with van der Waals surface area (Å²) < 4.78 is 40.7. The Morgan fingerprint density at radius 1 is 1.28 bits per heavy atom. The molecule has 2 aromatic rings. The molecular weight excluding hydrogens is 247 g/mol. The molecule has 1 heterocycles. The summed E-state index contributed by atoms with van der Waals surface area (Å²) in [5, 5.41) is 1.41. The van der Waals surface area contributed by atoms with Crippen molar-refractivity contribution in [2.45, 2.75) is 6.11 Å². The second-order valence-electron chi connectivity index (χ2n) is 3.58. The summed E-state index contributed by atoms with van der Waals surface area (Å²) in [6.45, 7) is -2.06. The number of alkyl halides is 3. The number of pyridine rings is 1. The van der Waals surface area contributed by atoms with Crippen LogP contribution in [0.2, 0.25) is 0 Å². The molecule has 0 spiro atoms. The van der Waals surface area contributed by atoms with Gasteiger partial charge in [-0.3, -0.25) is 0 Å². The molecule has 3 nitrogen and oxygen atoms in total. The molecule has 0 radical (unpaired) electrons. The van der Waals surface area contributed by atoms with Crippen molar-refractivity contribution >= 4 is 16.7 Å². The van der Waals surface area contributed by atoms with Crippen LogP contribution in [0.25, 0.3) is 10.8 Å². The molecule has 1 aromatic carbocycles. The maximum absolute atomic E-state index is 12.6. The van der Waals surface area contributed by atoms with Crippen LogP contribution in [0.15, 0.2) is 36.5 Å². The summed E-state index contributed by atoms with van der Waals surface area (Å²) in [4.78, 5) is 15.0. The Hall–Kier alpha value is -2.11. The van der Waals surface area contributed by atoms with Crippen LogP contribution in [-0.2, 0) is 4.74 Å². The highest BCUT2D eigenvalue weighted by molar-refractivity contribution is 5.93. The molecule has 94 valence electrons. The summed E-state index contributed by atoms with van der Waals surface area (Å²) in [6.07, 6.45) is -2.76. The Bertz CT molecular complexity index is 586. The zero-order chi connectivity index (χ0) is 13.2. The molecule has 0 N–H and O–H groups in total. The molecule has 0 aliphatic rings. The molecule has 2 rings (SSSR count). The van der Waals surface area contributed by atoms with E-state index in [0.717, 1.165) is 5.39 Å². The van der Waals surface area contributed by atoms with Gasteiger partial charge in [-0.1, -0.05) is 24.3 Å². The van der Waals surface area contributed by atoms with Crippen LogP contribution in [0, 0.1) is 0 Å². The highest BCUT2D eigenvalue weighted by atomic mass is 19.3. The van der Waals surface area contributed by atoms with E-state index in [1.54, 1.807) is 24.3 Å². The first-order chi connectivity index (χ1) is 8.52. The van der Waals surface area contributed by atoms with Crippen molar-refractivity contribution in [1.82, 2.24) is 4.98 Å². The van der Waals surface area contributed by atoms with Crippen molar-refractivity contribution in [2.75, 3.05) is 6.67 Å². The van der Waals surface area contributed by atoms with Gasteiger partial charge in [0, 0.05) is 11.6 Å². The third kappa shape index (κ3) is 2.58. The van der Waals surface area contributed by atoms with Crippen molar-refractivity contribution in [3.8, 4) is 0 Å². The molecule has 0 aliphatic heterocycles. The van der Waals surface area contributed by atoms with Crippen molar-refractivity contribution in [3.63, 3.8) is 0 Å². The third-order valence-corrected chi connectivity index (χ3v) is 2.24. The van der Waals surface area contributed by atoms with Gasteiger partial charge in [0.15, 0.2) is 6.67 Å². The van der Waals surface area contributed by atoms with Gasteiger partial charge in [-0.2, -0.15) is 8.78 Å². The van der Waals surface area contributed by atoms with E-state index in [9.17, 15) is 18.0 Å². The second-order valence-corrected chi connectivity index (χ2v) is 3.58. The van der Waals surface area contributed by atoms with Crippen molar-refractivity contribution in [2.24, 2.45) is 0 Å². The number of esters is 1. The van der Waals surface area contributed by atoms with Crippen molar-refractivity contribution in [3.05, 3.63) is 42.2 Å². The van der Waals surface area contributed by atoms with Crippen LogP contribution in [0.1, 0.15) is 10.5 Å². The van der Waals surface area contributed by atoms with Gasteiger partial charge in [-0.25, -0.2) is 14.2 Å². The zero-order valence-corrected chi connectivity index (χ0v) is 9.07. The molecule has 0 saturated carbocycles. The monoisotopic (exact) mass is 255 g/mol. The van der Waals surface area contributed by atoms with E-state index in [2.05, 4.69) is 9.72 Å². The highest BCUT2D eigenvalue weighted by Gasteiger charge is 2.34. The van der Waals surface area contributed by atoms with E-state index in [0.29, 0.717) is 5.39 Å². The number of carbonyl (C=O) groups excluding carboxylic acids is 1. The summed E-state index contributed by atoms with van der Waals surface area (Å²) >= 11 is 0. The Morgan fingerprint density at radius 3 is 2.61 bits per heavy atom. The molecule has 18 heavy (non-hydrogen) atoms. The number of aromatic nitrogens is 1. The predicted octanol–water partition coefficient (Wildman–Crippen LogP) is 2.95. The first-order valence-electron chi connectivity index (χ1n) is 5.04. The number of nitrogens with zero attached hydrogens (tertiary/aromatic N) is 1. The number of fused-ring (bicyclic) bond motifs is 1. The minimum atomic E-state index is -4.12. The number of rotatable bonds is 3. The van der Waals surface area contributed by atoms with Crippen LogP contribution in [0.4, 0.5) is 13.2 Å². The Morgan fingerprint density at radius 2 is 1.94 bits per heavy atom. The fourth-order valence-electron chi connectivity index (χ4n) is 1.41. The fourth-order valence-corrected chi connectivity index (χ4v) is 1.41. The van der Waals surface area contributed by atoms with E-state index in [1.165, 1.54) is 12.3 Å². The quantitative estimate of drug-likeness (QED) is 0.791. The van der Waals surface area contributed by atoms with Crippen molar-refractivity contribution < 1.29 is 22.7 Å². The number of carbonyl (C=O) groups is 1. The van der Waals surface area contributed by atoms with Gasteiger partial charge < -0.3 is 4.74 Å². The molecule has 0 fully saturated rings. The number of halogens is 3. The molecule has 6 heteroatoms. The molecule has 0 unspecified atom stereocenters. The second kappa shape index (κ2) is 4.64. The van der Waals surface area contributed by atoms with E-state index in [4.69, 9.17) is 0 Å². The maximum atomic E-state index is 12.6. The van der Waals surface area contributed by atoms with E-state index in [-0.39, 0.29) is 5.69 Å². The Kier molecular flexibility index (Phi) is 3.18. The molecule has 0 aliphatic carbocycles. The minimum absolute atomic E-state index is 0.290. The number of hydrogen-bond donors (Lipinski definition) is 0. The SMILES string of the molecule is O=C(OC(F)(F)CF)c1cc2ccccc2cn1. The predicted molar refractivity (Wildman–Crippen MR) is 58.1 cm³/mol. The first kappa shape index (κ1) is 12.3. The summed E-state index contributed by atoms with van der Waals surface area (Å²) in [7, 11) is 0. The normalized spacial score (nSPS) is 11.5. The van der Waals surface area contributed by atoms with Crippen LogP contribution in [0.5, 0.6) is 0 Å². The third-order valence-electron chi connectivity index (χ3n) is 2.24. The van der Waals surface area contributed by atoms with E-state index in [1.807, 2.05) is 0 Å². The number of hydrogen-bond acceptors (Lipinski definition) is 3. The molecule has 1 aromatic heterocycles. The van der Waals surface area contributed by atoms with Crippen LogP contribution in [0.3, 0.4) is 0 Å². The number of benzene rings is 1. The molecular formula is C12H8F3NO2. The van der Waals surface area contributed by atoms with Gasteiger partial charge in [0.05, 0.1) is 0 Å². The summed E-state index contributed by atoms with van der Waals surface area (Å²) in [6, 6.07) is 8.27. The van der Waals surface area contributed by atoms with Crippen LogP contribution >= 0.6 is 0 Å². The van der Waals surface area contributed by atoms with Crippen LogP contribution in [-0.4, -0.2) is 23.7 Å². The van der Waals surface area contributed by atoms with Gasteiger partial charge in [-0.15, -0.1) is 0 Å². The molecule has 0 bridgehead atoms. The lowest BCUT2D eigenvalue weighted by atomic mass is 10.1. The first-order valence-corrected chi connectivity index (χ1v) is 5.04. The molecule has 0 amide bonds. The largest absolute Gasteiger partial charge is 0.429 e. The Balaban J connectivity index is 2.28. The van der Waals surface area contributed by atoms with Crippen LogP contribution < -0.4 is 0 Å². The van der Waals surface area contributed by atoms with Gasteiger partial charge in [0.2, 0.25) is 0 Å². The number of ether oxygens (including phenoxy) is 1. The van der Waals surface area contributed by atoms with E-state index < -0.39 is 18.8 Å². The van der Waals surface area contributed by atoms with Gasteiger partial charge in [0.25, 0.3) is 0 Å². The average Bonchev–Trinajstić information content (AvgIpc) is 2.37. The topological polar surface area (TPSA) is 39.2 Å². The average molecular weight is 255 g/mol.